The lowest BCUT2D eigenvalue weighted by Gasteiger charge is -2.32. The van der Waals surface area contributed by atoms with Crippen molar-refractivity contribution < 1.29 is 17.9 Å². The summed E-state index contributed by atoms with van der Waals surface area (Å²) in [5, 5.41) is 0. The lowest BCUT2D eigenvalue weighted by Crippen LogP contribution is -2.41. The molecule has 1 aromatic carbocycles. The Labute approximate surface area is 163 Å². The topological polar surface area (TPSA) is 66.9 Å². The van der Waals surface area contributed by atoms with Crippen molar-refractivity contribution in [3.63, 3.8) is 0 Å². The molecule has 0 aliphatic carbocycles. The van der Waals surface area contributed by atoms with E-state index in [2.05, 4.69) is 6.92 Å². The summed E-state index contributed by atoms with van der Waals surface area (Å²) in [7, 11) is -1.90. The third-order valence-corrected chi connectivity index (χ3v) is 7.11. The largest absolute Gasteiger partial charge is 0.383 e. The summed E-state index contributed by atoms with van der Waals surface area (Å²) in [4.78, 5) is 14.8. The van der Waals surface area contributed by atoms with Gasteiger partial charge in [0.15, 0.2) is 0 Å². The van der Waals surface area contributed by atoms with E-state index in [1.165, 1.54) is 0 Å². The summed E-state index contributed by atoms with van der Waals surface area (Å²) in [6.07, 6.45) is 4.78. The number of amides is 1. The van der Waals surface area contributed by atoms with Gasteiger partial charge in [0.2, 0.25) is 10.0 Å². The van der Waals surface area contributed by atoms with E-state index >= 15 is 0 Å². The molecule has 0 radical (unpaired) electrons. The number of rotatable bonds is 9. The van der Waals surface area contributed by atoms with E-state index in [0.29, 0.717) is 31.8 Å². The highest BCUT2D eigenvalue weighted by Crippen LogP contribution is 2.25. The van der Waals surface area contributed by atoms with Crippen LogP contribution < -0.4 is 0 Å². The SMILES string of the molecule is CCCCN(CCOC)C(=O)c1ccc(S(=O)(=O)N2CCCCC2C)cc1. The van der Waals surface area contributed by atoms with E-state index in [4.69, 9.17) is 4.74 Å². The lowest BCUT2D eigenvalue weighted by atomic mass is 10.1. The molecular formula is C20H32N2O4S. The van der Waals surface area contributed by atoms with Crippen molar-refractivity contribution in [2.45, 2.75) is 56.9 Å². The zero-order chi connectivity index (χ0) is 19.9. The Balaban J connectivity index is 2.15. The van der Waals surface area contributed by atoms with Crippen LogP contribution in [-0.4, -0.2) is 62.9 Å². The molecule has 1 unspecified atom stereocenters. The van der Waals surface area contributed by atoms with Crippen molar-refractivity contribution >= 4 is 15.9 Å². The molecule has 0 bridgehead atoms. The highest BCUT2D eigenvalue weighted by Gasteiger charge is 2.31. The highest BCUT2D eigenvalue weighted by molar-refractivity contribution is 7.89. The number of piperidine rings is 1. The summed E-state index contributed by atoms with van der Waals surface area (Å²) >= 11 is 0. The predicted molar refractivity (Wildman–Crippen MR) is 106 cm³/mol. The predicted octanol–water partition coefficient (Wildman–Crippen LogP) is 3.14. The van der Waals surface area contributed by atoms with Crippen LogP contribution in [-0.2, 0) is 14.8 Å². The molecule has 2 rings (SSSR count). The van der Waals surface area contributed by atoms with Gasteiger partial charge < -0.3 is 9.64 Å². The number of carbonyl (C=O) groups is 1. The first kappa shape index (κ1) is 21.9. The molecule has 0 spiro atoms. The van der Waals surface area contributed by atoms with Gasteiger partial charge in [0.25, 0.3) is 5.91 Å². The van der Waals surface area contributed by atoms with Crippen molar-refractivity contribution in [1.82, 2.24) is 9.21 Å². The molecule has 1 saturated heterocycles. The molecule has 152 valence electrons. The number of sulfonamides is 1. The van der Waals surface area contributed by atoms with E-state index in [9.17, 15) is 13.2 Å². The first-order valence-corrected chi connectivity index (χ1v) is 11.3. The fourth-order valence-electron chi connectivity index (χ4n) is 3.38. The Bertz CT molecular complexity index is 695. The number of hydrogen-bond acceptors (Lipinski definition) is 4. The van der Waals surface area contributed by atoms with Gasteiger partial charge in [-0.05, 0) is 50.5 Å². The molecule has 1 heterocycles. The van der Waals surface area contributed by atoms with Crippen LogP contribution in [0.1, 0.15) is 56.3 Å². The fraction of sp³-hybridized carbons (Fsp3) is 0.650. The van der Waals surface area contributed by atoms with Gasteiger partial charge in [0, 0.05) is 38.3 Å². The van der Waals surface area contributed by atoms with E-state index in [1.807, 2.05) is 6.92 Å². The molecule has 1 aliphatic heterocycles. The van der Waals surface area contributed by atoms with Gasteiger partial charge >= 0.3 is 0 Å². The van der Waals surface area contributed by atoms with Crippen LogP contribution in [0.5, 0.6) is 0 Å². The summed E-state index contributed by atoms with van der Waals surface area (Å²) in [5.74, 6) is -0.0872. The Morgan fingerprint density at radius 3 is 2.52 bits per heavy atom. The Morgan fingerprint density at radius 1 is 1.22 bits per heavy atom. The zero-order valence-corrected chi connectivity index (χ0v) is 17.5. The van der Waals surface area contributed by atoms with E-state index in [0.717, 1.165) is 32.1 Å². The Hall–Kier alpha value is -1.44. The van der Waals surface area contributed by atoms with Gasteiger partial charge in [0.05, 0.1) is 11.5 Å². The third kappa shape index (κ3) is 5.53. The number of hydrogen-bond donors (Lipinski definition) is 0. The zero-order valence-electron chi connectivity index (χ0n) is 16.7. The second-order valence-corrected chi connectivity index (χ2v) is 9.01. The van der Waals surface area contributed by atoms with Gasteiger partial charge in [-0.25, -0.2) is 8.42 Å². The standard InChI is InChI=1S/C20H32N2O4S/c1-4-5-13-21(15-16-26-3)20(23)18-9-11-19(12-10-18)27(24,25)22-14-7-6-8-17(22)2/h9-12,17H,4-8,13-16H2,1-3H3. The summed E-state index contributed by atoms with van der Waals surface area (Å²) in [5.41, 5.74) is 0.507. The molecule has 1 aliphatic rings. The highest BCUT2D eigenvalue weighted by atomic mass is 32.2. The number of unbranched alkanes of at least 4 members (excludes halogenated alkanes) is 1. The Kier molecular flexibility index (Phi) is 8.26. The Morgan fingerprint density at radius 2 is 1.93 bits per heavy atom. The summed E-state index contributed by atoms with van der Waals surface area (Å²) in [6, 6.07) is 6.37. The van der Waals surface area contributed by atoms with Crippen LogP contribution in [0.4, 0.5) is 0 Å². The van der Waals surface area contributed by atoms with E-state index in [-0.39, 0.29) is 16.8 Å². The first-order valence-electron chi connectivity index (χ1n) is 9.82. The van der Waals surface area contributed by atoms with Crippen molar-refractivity contribution in [2.24, 2.45) is 0 Å². The normalized spacial score (nSPS) is 18.4. The van der Waals surface area contributed by atoms with Gasteiger partial charge in [-0.2, -0.15) is 4.31 Å². The minimum absolute atomic E-state index is 0.0173. The minimum atomic E-state index is -3.51. The number of ether oxygens (including phenoxy) is 1. The van der Waals surface area contributed by atoms with Crippen LogP contribution in [0.25, 0.3) is 0 Å². The van der Waals surface area contributed by atoms with Crippen molar-refractivity contribution in [2.75, 3.05) is 33.4 Å². The van der Waals surface area contributed by atoms with Gasteiger partial charge in [-0.3, -0.25) is 4.79 Å². The molecule has 0 aromatic heterocycles. The first-order chi connectivity index (χ1) is 12.9. The number of nitrogens with zero attached hydrogens (tertiary/aromatic N) is 2. The second kappa shape index (κ2) is 10.2. The maximum Gasteiger partial charge on any atom is 0.253 e. The molecule has 7 heteroatoms. The molecule has 6 nitrogen and oxygen atoms in total. The van der Waals surface area contributed by atoms with Crippen LogP contribution in [0.15, 0.2) is 29.2 Å². The number of benzene rings is 1. The minimum Gasteiger partial charge on any atom is -0.383 e. The molecular weight excluding hydrogens is 364 g/mol. The smallest absolute Gasteiger partial charge is 0.253 e. The maximum atomic E-state index is 12.9. The van der Waals surface area contributed by atoms with Crippen molar-refractivity contribution in [1.29, 1.82) is 0 Å². The quantitative estimate of drug-likeness (QED) is 0.643. The third-order valence-electron chi connectivity index (χ3n) is 5.08. The summed E-state index contributed by atoms with van der Waals surface area (Å²) in [6.45, 7) is 6.28. The van der Waals surface area contributed by atoms with Crippen LogP contribution in [0, 0.1) is 0 Å². The monoisotopic (exact) mass is 396 g/mol. The van der Waals surface area contributed by atoms with Crippen LogP contribution in [0.2, 0.25) is 0 Å². The van der Waals surface area contributed by atoms with Crippen molar-refractivity contribution in [3.05, 3.63) is 29.8 Å². The van der Waals surface area contributed by atoms with Gasteiger partial charge in [0.1, 0.15) is 0 Å². The van der Waals surface area contributed by atoms with Gasteiger partial charge in [-0.15, -0.1) is 0 Å². The number of carbonyl (C=O) groups excluding carboxylic acids is 1. The molecule has 1 fully saturated rings. The van der Waals surface area contributed by atoms with Crippen molar-refractivity contribution in [3.8, 4) is 0 Å². The summed E-state index contributed by atoms with van der Waals surface area (Å²) < 4.78 is 32.5. The number of methoxy groups -OCH3 is 1. The molecule has 1 aromatic rings. The lowest BCUT2D eigenvalue weighted by molar-refractivity contribution is 0.0693. The molecule has 1 amide bonds. The average molecular weight is 397 g/mol. The van der Waals surface area contributed by atoms with Crippen LogP contribution >= 0.6 is 0 Å². The molecule has 27 heavy (non-hydrogen) atoms. The molecule has 0 saturated carbocycles. The van der Waals surface area contributed by atoms with Crippen LogP contribution in [0.3, 0.4) is 0 Å². The average Bonchev–Trinajstić information content (AvgIpc) is 2.68. The molecule has 1 atom stereocenters. The van der Waals surface area contributed by atoms with E-state index < -0.39 is 10.0 Å². The second-order valence-electron chi connectivity index (χ2n) is 7.12. The van der Waals surface area contributed by atoms with Gasteiger partial charge in [-0.1, -0.05) is 19.8 Å². The molecule has 0 N–H and O–H groups in total. The maximum absolute atomic E-state index is 12.9. The fourth-order valence-corrected chi connectivity index (χ4v) is 5.08. The van der Waals surface area contributed by atoms with E-state index in [1.54, 1.807) is 40.6 Å².